The number of aromatic nitrogens is 2. The standard InChI is InChI=1S/C15H18FN3/c16-12-5-3-4-11(8-12)14-10-18-19-15(14)9-13-6-1-2-7-17-13/h3-5,8,10,13,17H,1-2,6-7,9H2,(H,18,19). The van der Waals surface area contributed by atoms with Gasteiger partial charge in [0.25, 0.3) is 0 Å². The van der Waals surface area contributed by atoms with Crippen LogP contribution in [0, 0.1) is 5.82 Å². The van der Waals surface area contributed by atoms with Crippen molar-refractivity contribution < 1.29 is 4.39 Å². The highest BCUT2D eigenvalue weighted by Crippen LogP contribution is 2.24. The number of hydrogen-bond donors (Lipinski definition) is 2. The molecule has 0 amide bonds. The molecule has 0 saturated carbocycles. The summed E-state index contributed by atoms with van der Waals surface area (Å²) in [7, 11) is 0. The second kappa shape index (κ2) is 5.53. The lowest BCUT2D eigenvalue weighted by Gasteiger charge is -2.23. The quantitative estimate of drug-likeness (QED) is 0.889. The molecule has 19 heavy (non-hydrogen) atoms. The fraction of sp³-hybridized carbons (Fsp3) is 0.400. The molecule has 0 bridgehead atoms. The zero-order chi connectivity index (χ0) is 13.1. The van der Waals surface area contributed by atoms with Gasteiger partial charge in [0.1, 0.15) is 5.82 Å². The summed E-state index contributed by atoms with van der Waals surface area (Å²) < 4.78 is 13.3. The van der Waals surface area contributed by atoms with Gasteiger partial charge in [-0.2, -0.15) is 5.10 Å². The van der Waals surface area contributed by atoms with Crippen LogP contribution in [0.5, 0.6) is 0 Å². The molecular weight excluding hydrogens is 241 g/mol. The molecule has 1 aliphatic rings. The highest BCUT2D eigenvalue weighted by Gasteiger charge is 2.16. The van der Waals surface area contributed by atoms with Crippen LogP contribution in [0.4, 0.5) is 4.39 Å². The second-order valence-corrected chi connectivity index (χ2v) is 5.12. The first-order valence-electron chi connectivity index (χ1n) is 6.84. The van der Waals surface area contributed by atoms with E-state index in [-0.39, 0.29) is 5.82 Å². The van der Waals surface area contributed by atoms with Gasteiger partial charge in [0.05, 0.1) is 6.20 Å². The number of hydrogen-bond acceptors (Lipinski definition) is 2. The molecule has 2 heterocycles. The Morgan fingerprint density at radius 1 is 1.32 bits per heavy atom. The monoisotopic (exact) mass is 259 g/mol. The number of nitrogens with zero attached hydrogens (tertiary/aromatic N) is 1. The molecule has 0 aliphatic carbocycles. The van der Waals surface area contributed by atoms with E-state index in [0.29, 0.717) is 6.04 Å². The van der Waals surface area contributed by atoms with Gasteiger partial charge in [-0.25, -0.2) is 4.39 Å². The van der Waals surface area contributed by atoms with Crippen LogP contribution in [-0.4, -0.2) is 22.8 Å². The summed E-state index contributed by atoms with van der Waals surface area (Å²) in [5, 5.41) is 10.7. The number of piperidine rings is 1. The number of nitrogens with one attached hydrogen (secondary N) is 2. The van der Waals surface area contributed by atoms with Crippen LogP contribution in [-0.2, 0) is 6.42 Å². The van der Waals surface area contributed by atoms with E-state index in [1.54, 1.807) is 18.3 Å². The van der Waals surface area contributed by atoms with E-state index in [1.807, 2.05) is 6.07 Å². The molecule has 1 aliphatic heterocycles. The number of benzene rings is 1. The highest BCUT2D eigenvalue weighted by atomic mass is 19.1. The number of rotatable bonds is 3. The Hall–Kier alpha value is -1.68. The fourth-order valence-electron chi connectivity index (χ4n) is 2.72. The maximum absolute atomic E-state index is 13.3. The Morgan fingerprint density at radius 2 is 2.26 bits per heavy atom. The first kappa shape index (κ1) is 12.4. The van der Waals surface area contributed by atoms with Crippen LogP contribution in [0.3, 0.4) is 0 Å². The van der Waals surface area contributed by atoms with E-state index >= 15 is 0 Å². The van der Waals surface area contributed by atoms with Gasteiger partial charge in [0, 0.05) is 23.7 Å². The van der Waals surface area contributed by atoms with Gasteiger partial charge in [-0.3, -0.25) is 5.10 Å². The third-order valence-corrected chi connectivity index (χ3v) is 3.72. The van der Waals surface area contributed by atoms with E-state index in [4.69, 9.17) is 0 Å². The third kappa shape index (κ3) is 2.84. The van der Waals surface area contributed by atoms with Crippen molar-refractivity contribution in [3.63, 3.8) is 0 Å². The Labute approximate surface area is 112 Å². The van der Waals surface area contributed by atoms with Crippen molar-refractivity contribution >= 4 is 0 Å². The Bertz CT molecular complexity index is 544. The van der Waals surface area contributed by atoms with Crippen LogP contribution in [0.1, 0.15) is 25.0 Å². The Morgan fingerprint density at radius 3 is 3.05 bits per heavy atom. The Kier molecular flexibility index (Phi) is 3.60. The van der Waals surface area contributed by atoms with E-state index < -0.39 is 0 Å². The number of H-pyrrole nitrogens is 1. The van der Waals surface area contributed by atoms with Crippen LogP contribution in [0.2, 0.25) is 0 Å². The van der Waals surface area contributed by atoms with Crippen molar-refractivity contribution in [3.05, 3.63) is 42.0 Å². The number of aromatic amines is 1. The van der Waals surface area contributed by atoms with Gasteiger partial charge < -0.3 is 5.32 Å². The minimum atomic E-state index is -0.208. The predicted octanol–water partition coefficient (Wildman–Crippen LogP) is 2.90. The summed E-state index contributed by atoms with van der Waals surface area (Å²) in [4.78, 5) is 0. The number of halogens is 1. The molecule has 1 aromatic heterocycles. The summed E-state index contributed by atoms with van der Waals surface area (Å²) in [6.07, 6.45) is 6.44. The first-order valence-corrected chi connectivity index (χ1v) is 6.84. The summed E-state index contributed by atoms with van der Waals surface area (Å²) in [6.45, 7) is 1.09. The van der Waals surface area contributed by atoms with Crippen molar-refractivity contribution in [2.75, 3.05) is 6.54 Å². The topological polar surface area (TPSA) is 40.7 Å². The summed E-state index contributed by atoms with van der Waals surface area (Å²) in [5.74, 6) is -0.208. The van der Waals surface area contributed by atoms with Gasteiger partial charge >= 0.3 is 0 Å². The van der Waals surface area contributed by atoms with Crippen molar-refractivity contribution in [2.45, 2.75) is 31.7 Å². The van der Waals surface area contributed by atoms with Gasteiger partial charge in [0.2, 0.25) is 0 Å². The van der Waals surface area contributed by atoms with Crippen LogP contribution < -0.4 is 5.32 Å². The zero-order valence-electron chi connectivity index (χ0n) is 10.8. The molecule has 3 nitrogen and oxygen atoms in total. The minimum Gasteiger partial charge on any atom is -0.314 e. The summed E-state index contributed by atoms with van der Waals surface area (Å²) >= 11 is 0. The Balaban J connectivity index is 1.81. The molecule has 2 aromatic rings. The minimum absolute atomic E-state index is 0.208. The van der Waals surface area contributed by atoms with Crippen molar-refractivity contribution in [3.8, 4) is 11.1 Å². The molecule has 0 radical (unpaired) electrons. The van der Waals surface area contributed by atoms with Gasteiger partial charge in [-0.05, 0) is 37.1 Å². The van der Waals surface area contributed by atoms with E-state index in [1.165, 1.54) is 25.3 Å². The van der Waals surface area contributed by atoms with Crippen LogP contribution >= 0.6 is 0 Å². The van der Waals surface area contributed by atoms with Crippen molar-refractivity contribution in [1.82, 2.24) is 15.5 Å². The van der Waals surface area contributed by atoms with Crippen LogP contribution in [0.15, 0.2) is 30.5 Å². The molecular formula is C15H18FN3. The maximum Gasteiger partial charge on any atom is 0.123 e. The average Bonchev–Trinajstić information content (AvgIpc) is 2.88. The third-order valence-electron chi connectivity index (χ3n) is 3.72. The smallest absolute Gasteiger partial charge is 0.123 e. The fourth-order valence-corrected chi connectivity index (χ4v) is 2.72. The molecule has 2 N–H and O–H groups in total. The molecule has 0 spiro atoms. The normalized spacial score (nSPS) is 19.5. The van der Waals surface area contributed by atoms with Crippen molar-refractivity contribution in [1.29, 1.82) is 0 Å². The molecule has 100 valence electrons. The van der Waals surface area contributed by atoms with Gasteiger partial charge in [-0.1, -0.05) is 18.6 Å². The summed E-state index contributed by atoms with van der Waals surface area (Å²) in [5.41, 5.74) is 2.98. The zero-order valence-corrected chi connectivity index (χ0v) is 10.8. The SMILES string of the molecule is Fc1cccc(-c2cn[nH]c2CC2CCCCN2)c1. The molecule has 1 saturated heterocycles. The van der Waals surface area contributed by atoms with Crippen molar-refractivity contribution in [2.24, 2.45) is 0 Å². The molecule has 4 heteroatoms. The maximum atomic E-state index is 13.3. The molecule has 1 unspecified atom stereocenters. The van der Waals surface area contributed by atoms with E-state index in [0.717, 1.165) is 29.8 Å². The lowest BCUT2D eigenvalue weighted by atomic mass is 9.97. The average molecular weight is 259 g/mol. The highest BCUT2D eigenvalue weighted by molar-refractivity contribution is 5.65. The molecule has 3 rings (SSSR count). The van der Waals surface area contributed by atoms with Crippen LogP contribution in [0.25, 0.3) is 11.1 Å². The van der Waals surface area contributed by atoms with E-state index in [2.05, 4.69) is 15.5 Å². The lowest BCUT2D eigenvalue weighted by molar-refractivity contribution is 0.397. The molecule has 1 atom stereocenters. The summed E-state index contributed by atoms with van der Waals surface area (Å²) in [6, 6.07) is 7.18. The molecule has 1 aromatic carbocycles. The van der Waals surface area contributed by atoms with Gasteiger partial charge in [0.15, 0.2) is 0 Å². The first-order chi connectivity index (χ1) is 9.33. The largest absolute Gasteiger partial charge is 0.314 e. The predicted molar refractivity (Wildman–Crippen MR) is 73.3 cm³/mol. The second-order valence-electron chi connectivity index (χ2n) is 5.12. The lowest BCUT2D eigenvalue weighted by Crippen LogP contribution is -2.35. The molecule has 1 fully saturated rings. The van der Waals surface area contributed by atoms with E-state index in [9.17, 15) is 4.39 Å². The van der Waals surface area contributed by atoms with Gasteiger partial charge in [-0.15, -0.1) is 0 Å².